The van der Waals surface area contributed by atoms with Crippen molar-refractivity contribution in [2.24, 2.45) is 0 Å². The van der Waals surface area contributed by atoms with Crippen molar-refractivity contribution >= 4 is 27.5 Å². The normalized spacial score (nSPS) is 14.0. The molecule has 0 atom stereocenters. The summed E-state index contributed by atoms with van der Waals surface area (Å²) in [6.45, 7) is 4.72. The van der Waals surface area contributed by atoms with Gasteiger partial charge in [0.2, 0.25) is 5.43 Å². The number of aryl methyl sites for hydroxylation is 1. The summed E-state index contributed by atoms with van der Waals surface area (Å²) in [5, 5.41) is 2.91. The van der Waals surface area contributed by atoms with Gasteiger partial charge in [0, 0.05) is 23.6 Å². The molecule has 1 aromatic carbocycles. The van der Waals surface area contributed by atoms with E-state index < -0.39 is 0 Å². The number of carbonyl (C=O) groups excluding carboxylic acids is 1. The third kappa shape index (κ3) is 3.05. The highest BCUT2D eigenvalue weighted by molar-refractivity contribution is 9.10. The van der Waals surface area contributed by atoms with E-state index in [4.69, 9.17) is 0 Å². The number of nitrogens with one attached hydrogen (secondary N) is 1. The average Bonchev–Trinajstić information content (AvgIpc) is 2.81. The van der Waals surface area contributed by atoms with E-state index in [9.17, 15) is 9.59 Å². The van der Waals surface area contributed by atoms with Crippen LogP contribution < -0.4 is 10.7 Å². The van der Waals surface area contributed by atoms with Crippen molar-refractivity contribution in [3.63, 3.8) is 0 Å². The number of halogens is 1. The number of rotatable bonds is 2. The highest BCUT2D eigenvalue weighted by atomic mass is 79.9. The SMILES string of the molecule is Cc1ccccc1NC(=O)c1c2n(c(C)c(Br)c1=O)CCCCC2. The number of hydrogen-bond acceptors (Lipinski definition) is 2. The Bertz CT molecular complexity index is 855. The van der Waals surface area contributed by atoms with Gasteiger partial charge in [0.1, 0.15) is 5.56 Å². The van der Waals surface area contributed by atoms with Crippen LogP contribution in [0.3, 0.4) is 0 Å². The van der Waals surface area contributed by atoms with E-state index >= 15 is 0 Å². The fourth-order valence-electron chi connectivity index (χ4n) is 3.29. The van der Waals surface area contributed by atoms with Crippen LogP contribution in [0.1, 0.15) is 46.6 Å². The van der Waals surface area contributed by atoms with E-state index in [0.717, 1.165) is 54.9 Å². The number of para-hydroxylation sites is 1. The second kappa shape index (κ2) is 6.93. The molecule has 1 aromatic heterocycles. The highest BCUT2D eigenvalue weighted by Gasteiger charge is 2.24. The highest BCUT2D eigenvalue weighted by Crippen LogP contribution is 2.24. The first-order valence-electron chi connectivity index (χ1n) is 8.29. The molecule has 2 aromatic rings. The lowest BCUT2D eigenvalue weighted by molar-refractivity contribution is 0.102. The van der Waals surface area contributed by atoms with Crippen LogP contribution >= 0.6 is 15.9 Å². The summed E-state index contributed by atoms with van der Waals surface area (Å²) >= 11 is 3.39. The lowest BCUT2D eigenvalue weighted by atomic mass is 10.1. The second-order valence-electron chi connectivity index (χ2n) is 6.28. The summed E-state index contributed by atoms with van der Waals surface area (Å²) in [7, 11) is 0. The minimum atomic E-state index is -0.319. The van der Waals surface area contributed by atoms with E-state index in [0.29, 0.717) is 4.47 Å². The molecular weight excluding hydrogens is 368 g/mol. The summed E-state index contributed by atoms with van der Waals surface area (Å²) in [5.41, 5.74) is 3.55. The Morgan fingerprint density at radius 2 is 1.92 bits per heavy atom. The Balaban J connectivity index is 2.10. The van der Waals surface area contributed by atoms with Gasteiger partial charge in [-0.2, -0.15) is 0 Å². The number of benzene rings is 1. The molecule has 0 bridgehead atoms. The zero-order valence-corrected chi connectivity index (χ0v) is 15.6. The van der Waals surface area contributed by atoms with Crippen molar-refractivity contribution < 1.29 is 4.79 Å². The third-order valence-corrected chi connectivity index (χ3v) is 5.61. The molecule has 24 heavy (non-hydrogen) atoms. The molecule has 0 aliphatic carbocycles. The van der Waals surface area contributed by atoms with Crippen LogP contribution in [0.25, 0.3) is 0 Å². The van der Waals surface area contributed by atoms with Gasteiger partial charge in [0.05, 0.1) is 4.47 Å². The van der Waals surface area contributed by atoms with Crippen molar-refractivity contribution in [2.45, 2.75) is 46.1 Å². The summed E-state index contributed by atoms with van der Waals surface area (Å²) in [5.74, 6) is -0.319. The van der Waals surface area contributed by atoms with Crippen molar-refractivity contribution in [1.82, 2.24) is 4.57 Å². The van der Waals surface area contributed by atoms with Crippen LogP contribution in [0.4, 0.5) is 5.69 Å². The Morgan fingerprint density at radius 3 is 2.67 bits per heavy atom. The maximum Gasteiger partial charge on any atom is 0.261 e. The molecule has 2 heterocycles. The lowest BCUT2D eigenvalue weighted by Crippen LogP contribution is -2.29. The molecular formula is C19H21BrN2O2. The number of pyridine rings is 1. The van der Waals surface area contributed by atoms with Gasteiger partial charge in [-0.3, -0.25) is 9.59 Å². The lowest BCUT2D eigenvalue weighted by Gasteiger charge is -2.19. The smallest absolute Gasteiger partial charge is 0.261 e. The van der Waals surface area contributed by atoms with Gasteiger partial charge in [-0.1, -0.05) is 24.6 Å². The minimum absolute atomic E-state index is 0.216. The molecule has 0 radical (unpaired) electrons. The average molecular weight is 389 g/mol. The number of carbonyl (C=O) groups is 1. The quantitative estimate of drug-likeness (QED) is 0.837. The fraction of sp³-hybridized carbons (Fsp3) is 0.368. The molecule has 4 nitrogen and oxygen atoms in total. The molecule has 3 rings (SSSR count). The van der Waals surface area contributed by atoms with E-state index in [1.54, 1.807) is 0 Å². The van der Waals surface area contributed by atoms with Crippen LogP contribution in [0.15, 0.2) is 33.5 Å². The van der Waals surface area contributed by atoms with Crippen molar-refractivity contribution in [3.8, 4) is 0 Å². The molecule has 0 fully saturated rings. The van der Waals surface area contributed by atoms with Gasteiger partial charge in [-0.05, 0) is 60.7 Å². The van der Waals surface area contributed by atoms with Crippen molar-refractivity contribution in [3.05, 3.63) is 61.5 Å². The van der Waals surface area contributed by atoms with E-state index in [1.807, 2.05) is 38.1 Å². The predicted molar refractivity (Wildman–Crippen MR) is 99.8 cm³/mol. The van der Waals surface area contributed by atoms with E-state index in [1.165, 1.54) is 0 Å². The van der Waals surface area contributed by atoms with Crippen LogP contribution in [-0.4, -0.2) is 10.5 Å². The second-order valence-corrected chi connectivity index (χ2v) is 7.07. The first-order chi connectivity index (χ1) is 11.5. The monoisotopic (exact) mass is 388 g/mol. The Hall–Kier alpha value is -1.88. The Kier molecular flexibility index (Phi) is 4.90. The summed E-state index contributed by atoms with van der Waals surface area (Å²) < 4.78 is 2.62. The van der Waals surface area contributed by atoms with Gasteiger partial charge in [-0.25, -0.2) is 0 Å². The van der Waals surface area contributed by atoms with Crippen molar-refractivity contribution in [1.29, 1.82) is 0 Å². The maximum absolute atomic E-state index is 12.9. The maximum atomic E-state index is 12.9. The van der Waals surface area contributed by atoms with Gasteiger partial charge >= 0.3 is 0 Å². The van der Waals surface area contributed by atoms with Crippen LogP contribution in [-0.2, 0) is 13.0 Å². The largest absolute Gasteiger partial charge is 0.347 e. The Labute approximate surface area is 150 Å². The first-order valence-corrected chi connectivity index (χ1v) is 9.08. The molecule has 1 amide bonds. The molecule has 5 heteroatoms. The fourth-order valence-corrected chi connectivity index (χ4v) is 3.71. The minimum Gasteiger partial charge on any atom is -0.347 e. The molecule has 1 aliphatic heterocycles. The number of aromatic nitrogens is 1. The van der Waals surface area contributed by atoms with Gasteiger partial charge in [-0.15, -0.1) is 0 Å². The zero-order chi connectivity index (χ0) is 17.3. The van der Waals surface area contributed by atoms with Gasteiger partial charge in [0.15, 0.2) is 0 Å². The number of fused-ring (bicyclic) bond motifs is 1. The van der Waals surface area contributed by atoms with E-state index in [2.05, 4.69) is 25.8 Å². The van der Waals surface area contributed by atoms with E-state index in [-0.39, 0.29) is 16.9 Å². The molecule has 126 valence electrons. The standard InChI is InChI=1S/C19H21BrN2O2/c1-12-8-5-6-9-14(12)21-19(24)16-15-10-4-3-7-11-22(15)13(2)17(20)18(16)23/h5-6,8-9H,3-4,7,10-11H2,1-2H3,(H,21,24). The van der Waals surface area contributed by atoms with Crippen LogP contribution in [0, 0.1) is 13.8 Å². The Morgan fingerprint density at radius 1 is 1.17 bits per heavy atom. The van der Waals surface area contributed by atoms with Crippen LogP contribution in [0.5, 0.6) is 0 Å². The molecule has 0 saturated carbocycles. The van der Waals surface area contributed by atoms with Gasteiger partial charge in [0.25, 0.3) is 5.91 Å². The molecule has 1 aliphatic rings. The third-order valence-electron chi connectivity index (χ3n) is 4.68. The topological polar surface area (TPSA) is 51.1 Å². The zero-order valence-electron chi connectivity index (χ0n) is 14.0. The molecule has 0 saturated heterocycles. The van der Waals surface area contributed by atoms with Crippen LogP contribution in [0.2, 0.25) is 0 Å². The summed E-state index contributed by atoms with van der Waals surface area (Å²) in [6.07, 6.45) is 3.96. The number of amides is 1. The summed E-state index contributed by atoms with van der Waals surface area (Å²) in [4.78, 5) is 25.7. The number of anilines is 1. The van der Waals surface area contributed by atoms with Crippen molar-refractivity contribution in [2.75, 3.05) is 5.32 Å². The predicted octanol–water partition coefficient (Wildman–Crippen LogP) is 4.21. The molecule has 1 N–H and O–H groups in total. The van der Waals surface area contributed by atoms with Gasteiger partial charge < -0.3 is 9.88 Å². The number of nitrogens with zero attached hydrogens (tertiary/aromatic N) is 1. The molecule has 0 unspecified atom stereocenters. The first kappa shape index (κ1) is 17.0. The molecule has 0 spiro atoms. The summed E-state index contributed by atoms with van der Waals surface area (Å²) in [6, 6.07) is 7.59. The number of hydrogen-bond donors (Lipinski definition) is 1.